The van der Waals surface area contributed by atoms with E-state index in [2.05, 4.69) is 25.5 Å². The van der Waals surface area contributed by atoms with Gasteiger partial charge < -0.3 is 0 Å². The van der Waals surface area contributed by atoms with E-state index in [0.29, 0.717) is 11.4 Å². The van der Waals surface area contributed by atoms with Gasteiger partial charge in [-0.05, 0) is 12.1 Å². The number of rotatable bonds is 3. The van der Waals surface area contributed by atoms with Gasteiger partial charge in [0.15, 0.2) is 0 Å². The van der Waals surface area contributed by atoms with Crippen LogP contribution in [0.4, 0.5) is 5.82 Å². The molecular formula is C10H7Cl2N5. The molecule has 2 rings (SSSR count). The molecule has 0 amide bonds. The molecule has 0 radical (unpaired) electrons. The van der Waals surface area contributed by atoms with Crippen LogP contribution in [0.1, 0.15) is 5.56 Å². The average molecular weight is 268 g/mol. The third-order valence-corrected chi connectivity index (χ3v) is 2.43. The molecule has 0 fully saturated rings. The number of nitrogens with one attached hydrogen (secondary N) is 1. The van der Waals surface area contributed by atoms with Crippen molar-refractivity contribution in [3.8, 4) is 0 Å². The number of aromatic nitrogens is 3. The van der Waals surface area contributed by atoms with E-state index in [1.807, 2.05) is 12.1 Å². The number of anilines is 1. The fourth-order valence-electron chi connectivity index (χ4n) is 1.05. The lowest BCUT2D eigenvalue weighted by molar-refractivity contribution is 1.16. The molecule has 0 unspecified atom stereocenters. The number of pyridine rings is 1. The molecule has 2 aromatic heterocycles. The highest BCUT2D eigenvalue weighted by Crippen LogP contribution is 2.17. The summed E-state index contributed by atoms with van der Waals surface area (Å²) in [5.74, 6) is 0.618. The molecule has 0 bridgehead atoms. The Morgan fingerprint density at radius 2 is 1.88 bits per heavy atom. The van der Waals surface area contributed by atoms with Crippen LogP contribution < -0.4 is 5.43 Å². The second-order valence-corrected chi connectivity index (χ2v) is 3.67. The smallest absolute Gasteiger partial charge is 0.146 e. The summed E-state index contributed by atoms with van der Waals surface area (Å²) in [6.07, 6.45) is 4.39. The van der Waals surface area contributed by atoms with Crippen LogP contribution in [0.15, 0.2) is 35.8 Å². The zero-order valence-corrected chi connectivity index (χ0v) is 10.0. The standard InChI is InChI=1S/C10H7Cl2N5/c11-9-7(10(12)15-6-14-9)5-16-17-8-3-1-2-4-13-8/h1-6H,(H,13,17)/b16-5-. The van der Waals surface area contributed by atoms with Crippen LogP contribution in [-0.4, -0.2) is 21.2 Å². The summed E-state index contributed by atoms with van der Waals surface area (Å²) in [4.78, 5) is 11.6. The molecule has 7 heteroatoms. The first-order valence-corrected chi connectivity index (χ1v) is 5.39. The minimum atomic E-state index is 0.247. The van der Waals surface area contributed by atoms with Gasteiger partial charge in [0, 0.05) is 6.20 Å². The highest BCUT2D eigenvalue weighted by molar-refractivity contribution is 6.37. The van der Waals surface area contributed by atoms with Crippen LogP contribution in [0, 0.1) is 0 Å². The molecule has 0 aliphatic carbocycles. The van der Waals surface area contributed by atoms with Crippen molar-refractivity contribution in [1.29, 1.82) is 0 Å². The van der Waals surface area contributed by atoms with Crippen molar-refractivity contribution in [1.82, 2.24) is 15.0 Å². The Kier molecular flexibility index (Phi) is 3.85. The normalized spacial score (nSPS) is 10.7. The van der Waals surface area contributed by atoms with Crippen molar-refractivity contribution in [3.05, 3.63) is 46.6 Å². The number of hydrogen-bond acceptors (Lipinski definition) is 5. The van der Waals surface area contributed by atoms with Crippen molar-refractivity contribution in [2.75, 3.05) is 5.43 Å². The van der Waals surface area contributed by atoms with Crippen LogP contribution >= 0.6 is 23.2 Å². The van der Waals surface area contributed by atoms with E-state index in [-0.39, 0.29) is 10.3 Å². The van der Waals surface area contributed by atoms with E-state index >= 15 is 0 Å². The zero-order chi connectivity index (χ0) is 12.1. The third-order valence-electron chi connectivity index (χ3n) is 1.82. The van der Waals surface area contributed by atoms with E-state index in [1.54, 1.807) is 12.3 Å². The van der Waals surface area contributed by atoms with Crippen molar-refractivity contribution in [2.24, 2.45) is 5.10 Å². The maximum atomic E-state index is 5.84. The fourth-order valence-corrected chi connectivity index (χ4v) is 1.47. The van der Waals surface area contributed by atoms with Gasteiger partial charge in [0.2, 0.25) is 0 Å². The predicted octanol–water partition coefficient (Wildman–Crippen LogP) is 2.62. The molecule has 5 nitrogen and oxygen atoms in total. The summed E-state index contributed by atoms with van der Waals surface area (Å²) >= 11 is 11.7. The van der Waals surface area contributed by atoms with Crippen molar-refractivity contribution >= 4 is 35.2 Å². The third kappa shape index (κ3) is 3.12. The lowest BCUT2D eigenvalue weighted by Crippen LogP contribution is -1.96. The largest absolute Gasteiger partial charge is 0.261 e. The van der Waals surface area contributed by atoms with Crippen LogP contribution in [0.3, 0.4) is 0 Å². The number of halogens is 2. The molecule has 0 aromatic carbocycles. The first-order valence-electron chi connectivity index (χ1n) is 4.63. The quantitative estimate of drug-likeness (QED) is 0.528. The van der Waals surface area contributed by atoms with Gasteiger partial charge in [-0.3, -0.25) is 5.43 Å². The van der Waals surface area contributed by atoms with Crippen LogP contribution in [0.2, 0.25) is 10.3 Å². The molecule has 0 saturated carbocycles. The molecule has 0 spiro atoms. The highest BCUT2D eigenvalue weighted by atomic mass is 35.5. The van der Waals surface area contributed by atoms with Crippen molar-refractivity contribution < 1.29 is 0 Å². The molecule has 0 atom stereocenters. The van der Waals surface area contributed by atoms with Gasteiger partial charge in [-0.15, -0.1) is 0 Å². The topological polar surface area (TPSA) is 63.1 Å². The van der Waals surface area contributed by atoms with E-state index in [4.69, 9.17) is 23.2 Å². The second kappa shape index (κ2) is 5.56. The Hall–Kier alpha value is -1.72. The summed E-state index contributed by atoms with van der Waals surface area (Å²) in [6.45, 7) is 0. The highest BCUT2D eigenvalue weighted by Gasteiger charge is 2.04. The summed E-state index contributed by atoms with van der Waals surface area (Å²) in [7, 11) is 0. The van der Waals surface area contributed by atoms with E-state index in [9.17, 15) is 0 Å². The molecular weight excluding hydrogens is 261 g/mol. The SMILES string of the molecule is Clc1ncnc(Cl)c1/C=N\Nc1ccccn1. The van der Waals surface area contributed by atoms with Crippen LogP contribution in [0.5, 0.6) is 0 Å². The number of hydrogen-bond donors (Lipinski definition) is 1. The molecule has 0 saturated heterocycles. The zero-order valence-electron chi connectivity index (χ0n) is 8.51. The molecule has 2 aromatic rings. The first kappa shape index (κ1) is 11.8. The Morgan fingerprint density at radius 3 is 2.53 bits per heavy atom. The van der Waals surface area contributed by atoms with Gasteiger partial charge >= 0.3 is 0 Å². The fraction of sp³-hybridized carbons (Fsp3) is 0. The van der Waals surface area contributed by atoms with Crippen molar-refractivity contribution in [3.63, 3.8) is 0 Å². The molecule has 2 heterocycles. The first-order chi connectivity index (χ1) is 8.27. The maximum Gasteiger partial charge on any atom is 0.146 e. The van der Waals surface area contributed by atoms with E-state index in [1.165, 1.54) is 12.5 Å². The summed E-state index contributed by atoms with van der Waals surface area (Å²) in [5.41, 5.74) is 3.19. The van der Waals surface area contributed by atoms with E-state index in [0.717, 1.165) is 0 Å². The minimum Gasteiger partial charge on any atom is -0.261 e. The lowest BCUT2D eigenvalue weighted by Gasteiger charge is -1.99. The monoisotopic (exact) mass is 267 g/mol. The summed E-state index contributed by atoms with van der Waals surface area (Å²) in [5, 5.41) is 4.44. The van der Waals surface area contributed by atoms with Gasteiger partial charge in [-0.1, -0.05) is 29.3 Å². The van der Waals surface area contributed by atoms with Gasteiger partial charge in [-0.2, -0.15) is 5.10 Å². The summed E-state index contributed by atoms with van der Waals surface area (Å²) < 4.78 is 0. The van der Waals surface area contributed by atoms with Crippen LogP contribution in [-0.2, 0) is 0 Å². The molecule has 1 N–H and O–H groups in total. The Labute approximate surface area is 108 Å². The molecule has 17 heavy (non-hydrogen) atoms. The molecule has 0 aliphatic heterocycles. The van der Waals surface area contributed by atoms with Crippen molar-refractivity contribution in [2.45, 2.75) is 0 Å². The second-order valence-electron chi connectivity index (χ2n) is 2.95. The van der Waals surface area contributed by atoms with Gasteiger partial charge in [0.25, 0.3) is 0 Å². The van der Waals surface area contributed by atoms with Crippen LogP contribution in [0.25, 0.3) is 0 Å². The average Bonchev–Trinajstić information content (AvgIpc) is 2.34. The van der Waals surface area contributed by atoms with Gasteiger partial charge in [0.1, 0.15) is 22.5 Å². The summed E-state index contributed by atoms with van der Waals surface area (Å²) in [6, 6.07) is 5.44. The lowest BCUT2D eigenvalue weighted by atomic mass is 10.4. The Bertz CT molecular complexity index is 509. The number of nitrogens with zero attached hydrogens (tertiary/aromatic N) is 4. The van der Waals surface area contributed by atoms with E-state index < -0.39 is 0 Å². The van der Waals surface area contributed by atoms with Gasteiger partial charge in [-0.25, -0.2) is 15.0 Å². The minimum absolute atomic E-state index is 0.247. The number of hydrazone groups is 1. The molecule has 0 aliphatic rings. The predicted molar refractivity (Wildman–Crippen MR) is 67.5 cm³/mol. The maximum absolute atomic E-state index is 5.84. The van der Waals surface area contributed by atoms with Gasteiger partial charge in [0.05, 0.1) is 11.8 Å². The Morgan fingerprint density at radius 1 is 1.12 bits per heavy atom. The molecule has 86 valence electrons. The Balaban J connectivity index is 2.11.